The third-order valence-corrected chi connectivity index (χ3v) is 5.62. The lowest BCUT2D eigenvalue weighted by molar-refractivity contribution is -0.121. The number of carbonyl (C=O) groups is 1. The monoisotopic (exact) mass is 424 g/mol. The van der Waals surface area contributed by atoms with E-state index in [1.165, 1.54) is 9.30 Å². The van der Waals surface area contributed by atoms with Crippen molar-refractivity contribution in [3.63, 3.8) is 0 Å². The number of rotatable bonds is 6. The predicted octanol–water partition coefficient (Wildman–Crippen LogP) is 3.29. The molecule has 7 nitrogen and oxygen atoms in total. The first-order valence-corrected chi connectivity index (χ1v) is 9.95. The zero-order chi connectivity index (χ0) is 20.4. The number of nitrogens with zero attached hydrogens (tertiary/aromatic N) is 3. The second-order valence-corrected chi connectivity index (χ2v) is 7.80. The van der Waals surface area contributed by atoms with Crippen molar-refractivity contribution in [3.05, 3.63) is 82.0 Å². The number of hydrogen-bond donors (Lipinski definition) is 1. The van der Waals surface area contributed by atoms with Gasteiger partial charge in [0.15, 0.2) is 0 Å². The lowest BCUT2D eigenvalue weighted by Crippen LogP contribution is -2.28. The number of thioether (sulfide) groups is 1. The van der Waals surface area contributed by atoms with Crippen LogP contribution in [0, 0.1) is 0 Å². The third kappa shape index (κ3) is 3.74. The molecule has 1 saturated heterocycles. The first kappa shape index (κ1) is 19.2. The number of pyridine rings is 1. The van der Waals surface area contributed by atoms with Crippen molar-refractivity contribution in [1.29, 1.82) is 0 Å². The molecule has 0 unspecified atom stereocenters. The molecule has 1 N–H and O–H groups in total. The van der Waals surface area contributed by atoms with Crippen LogP contribution in [-0.2, 0) is 11.3 Å². The molecule has 0 atom stereocenters. The molecule has 0 aliphatic carbocycles. The highest BCUT2D eigenvalue weighted by atomic mass is 32.2. The fraction of sp³-hybridized carbons (Fsp3) is 0.100. The van der Waals surface area contributed by atoms with E-state index in [4.69, 9.17) is 16.6 Å². The van der Waals surface area contributed by atoms with E-state index in [9.17, 15) is 9.59 Å². The number of aromatic nitrogens is 2. The lowest BCUT2D eigenvalue weighted by Gasteiger charge is -2.11. The number of thiocarbonyl (C=S) groups is 1. The van der Waals surface area contributed by atoms with Gasteiger partial charge in [0.2, 0.25) is 0 Å². The van der Waals surface area contributed by atoms with Gasteiger partial charge in [-0.15, -0.1) is 6.58 Å². The fourth-order valence-corrected chi connectivity index (χ4v) is 4.13. The third-order valence-electron chi connectivity index (χ3n) is 4.24. The van der Waals surface area contributed by atoms with Crippen molar-refractivity contribution in [1.82, 2.24) is 14.3 Å². The maximum atomic E-state index is 13.1. The van der Waals surface area contributed by atoms with E-state index >= 15 is 0 Å². The van der Waals surface area contributed by atoms with Crippen molar-refractivity contribution >= 4 is 51.7 Å². The Balaban J connectivity index is 1.79. The SMILES string of the molecule is C=CCN1C(=O)C(=Cc2c(NCc3ccco3)nc3ccccn3c2=O)SC1=S. The molecule has 1 aliphatic rings. The summed E-state index contributed by atoms with van der Waals surface area (Å²) < 4.78 is 7.21. The van der Waals surface area contributed by atoms with Gasteiger partial charge in [0.05, 0.1) is 23.3 Å². The van der Waals surface area contributed by atoms with Crippen LogP contribution < -0.4 is 10.9 Å². The van der Waals surface area contributed by atoms with Crippen molar-refractivity contribution in [3.8, 4) is 0 Å². The van der Waals surface area contributed by atoms with Gasteiger partial charge in [-0.25, -0.2) is 4.98 Å². The van der Waals surface area contributed by atoms with Gasteiger partial charge >= 0.3 is 0 Å². The van der Waals surface area contributed by atoms with Crippen LogP contribution in [0.5, 0.6) is 0 Å². The zero-order valence-corrected chi connectivity index (χ0v) is 16.8. The minimum atomic E-state index is -0.286. The number of nitrogens with one attached hydrogen (secondary N) is 1. The Bertz CT molecular complexity index is 1200. The highest BCUT2D eigenvalue weighted by molar-refractivity contribution is 8.26. The molecule has 3 aromatic rings. The maximum Gasteiger partial charge on any atom is 0.267 e. The summed E-state index contributed by atoms with van der Waals surface area (Å²) in [5, 5.41) is 3.14. The summed E-state index contributed by atoms with van der Waals surface area (Å²) in [5.74, 6) is 0.810. The van der Waals surface area contributed by atoms with Gasteiger partial charge in [0, 0.05) is 12.7 Å². The number of anilines is 1. The molecule has 0 radical (unpaired) electrons. The largest absolute Gasteiger partial charge is 0.467 e. The van der Waals surface area contributed by atoms with Crippen LogP contribution in [0.15, 0.2) is 69.6 Å². The van der Waals surface area contributed by atoms with E-state index < -0.39 is 0 Å². The average molecular weight is 425 g/mol. The lowest BCUT2D eigenvalue weighted by atomic mass is 10.2. The Morgan fingerprint density at radius 3 is 2.90 bits per heavy atom. The zero-order valence-electron chi connectivity index (χ0n) is 15.2. The van der Waals surface area contributed by atoms with Crippen LogP contribution in [0.2, 0.25) is 0 Å². The van der Waals surface area contributed by atoms with Crippen LogP contribution in [-0.4, -0.2) is 31.1 Å². The van der Waals surface area contributed by atoms with Gasteiger partial charge < -0.3 is 9.73 Å². The van der Waals surface area contributed by atoms with E-state index in [-0.39, 0.29) is 17.0 Å². The maximum absolute atomic E-state index is 13.1. The molecule has 0 bridgehead atoms. The smallest absolute Gasteiger partial charge is 0.267 e. The molecule has 4 rings (SSSR count). The molecule has 3 aromatic heterocycles. The second-order valence-electron chi connectivity index (χ2n) is 6.12. The molecule has 29 heavy (non-hydrogen) atoms. The Labute approximate surface area is 175 Å². The number of hydrogen-bond acceptors (Lipinski definition) is 7. The Morgan fingerprint density at radius 1 is 1.28 bits per heavy atom. The summed E-state index contributed by atoms with van der Waals surface area (Å²) in [6, 6.07) is 8.90. The van der Waals surface area contributed by atoms with Crippen LogP contribution in [0.3, 0.4) is 0 Å². The summed E-state index contributed by atoms with van der Waals surface area (Å²) in [6.45, 7) is 4.32. The van der Waals surface area contributed by atoms with Crippen molar-refractivity contribution in [2.75, 3.05) is 11.9 Å². The van der Waals surface area contributed by atoms with Gasteiger partial charge in [-0.05, 0) is 30.3 Å². The standard InChI is InChI=1S/C20H16N4O3S2/c1-2-8-24-19(26)15(29-20(24)28)11-14-17(21-12-13-6-5-10-27-13)22-16-7-3-4-9-23(16)18(14)25/h2-7,9-11,21H,1,8,12H2. The molecule has 146 valence electrons. The average Bonchev–Trinajstić information content (AvgIpc) is 3.33. The summed E-state index contributed by atoms with van der Waals surface area (Å²) in [4.78, 5) is 32.2. The second kappa shape index (κ2) is 8.06. The topological polar surface area (TPSA) is 79.8 Å². The van der Waals surface area contributed by atoms with Crippen molar-refractivity contribution < 1.29 is 9.21 Å². The summed E-state index contributed by atoms with van der Waals surface area (Å²) in [7, 11) is 0. The van der Waals surface area contributed by atoms with Crippen LogP contribution in [0.25, 0.3) is 11.7 Å². The van der Waals surface area contributed by atoms with Crippen molar-refractivity contribution in [2.45, 2.75) is 6.54 Å². The van der Waals surface area contributed by atoms with Crippen LogP contribution >= 0.6 is 24.0 Å². The minimum absolute atomic E-state index is 0.255. The molecule has 0 saturated carbocycles. The van der Waals surface area contributed by atoms with E-state index in [0.29, 0.717) is 39.5 Å². The normalized spacial score (nSPS) is 15.4. The highest BCUT2D eigenvalue weighted by Crippen LogP contribution is 2.32. The van der Waals surface area contributed by atoms with E-state index in [1.54, 1.807) is 48.9 Å². The quantitative estimate of drug-likeness (QED) is 0.369. The molecular weight excluding hydrogens is 408 g/mol. The van der Waals surface area contributed by atoms with Crippen LogP contribution in [0.4, 0.5) is 5.82 Å². The molecule has 4 heterocycles. The molecule has 1 amide bonds. The van der Waals surface area contributed by atoms with Crippen LogP contribution in [0.1, 0.15) is 11.3 Å². The summed E-state index contributed by atoms with van der Waals surface area (Å²) in [6.07, 6.45) is 6.37. The number of amides is 1. The van der Waals surface area contributed by atoms with Gasteiger partial charge in [0.1, 0.15) is 21.5 Å². The van der Waals surface area contributed by atoms with Gasteiger partial charge in [-0.1, -0.05) is 36.1 Å². The van der Waals surface area contributed by atoms with E-state index in [1.807, 2.05) is 6.07 Å². The number of fused-ring (bicyclic) bond motifs is 1. The molecule has 0 spiro atoms. The van der Waals surface area contributed by atoms with Gasteiger partial charge in [-0.3, -0.25) is 18.9 Å². The molecule has 1 aliphatic heterocycles. The van der Waals surface area contributed by atoms with E-state index in [0.717, 1.165) is 11.8 Å². The molecule has 9 heteroatoms. The Morgan fingerprint density at radius 2 is 2.14 bits per heavy atom. The molecule has 0 aromatic carbocycles. The van der Waals surface area contributed by atoms with Crippen molar-refractivity contribution in [2.24, 2.45) is 0 Å². The summed E-state index contributed by atoms with van der Waals surface area (Å²) in [5.41, 5.74) is 0.488. The number of furan rings is 1. The van der Waals surface area contributed by atoms with Gasteiger partial charge in [-0.2, -0.15) is 0 Å². The predicted molar refractivity (Wildman–Crippen MR) is 118 cm³/mol. The van der Waals surface area contributed by atoms with E-state index in [2.05, 4.69) is 16.9 Å². The fourth-order valence-electron chi connectivity index (χ4n) is 2.87. The molecular formula is C20H16N4O3S2. The minimum Gasteiger partial charge on any atom is -0.467 e. The summed E-state index contributed by atoms with van der Waals surface area (Å²) >= 11 is 6.43. The first-order chi connectivity index (χ1) is 14.1. The van der Waals surface area contributed by atoms with Gasteiger partial charge in [0.25, 0.3) is 11.5 Å². The molecule has 1 fully saturated rings. The Hall–Kier alpha value is -3.17. The highest BCUT2D eigenvalue weighted by Gasteiger charge is 2.31. The number of carbonyl (C=O) groups excluding carboxylic acids is 1. The first-order valence-electron chi connectivity index (χ1n) is 8.72. The Kier molecular flexibility index (Phi) is 5.32.